The highest BCUT2D eigenvalue weighted by atomic mass is 19.4. The SMILES string of the molecule is Cc1ccccc1-n1nccc1NC(=O)C(=O)NC1CCN(C(C)c2ccccc2)CC1.O=C(O)C(F)(F)F. The third-order valence-corrected chi connectivity index (χ3v) is 6.37. The van der Waals surface area contributed by atoms with E-state index in [-0.39, 0.29) is 6.04 Å². The lowest BCUT2D eigenvalue weighted by Crippen LogP contribution is -2.48. The summed E-state index contributed by atoms with van der Waals surface area (Å²) in [4.78, 5) is 36.4. The Morgan fingerprint density at radius 3 is 2.15 bits per heavy atom. The Morgan fingerprint density at radius 1 is 0.974 bits per heavy atom. The molecule has 1 atom stereocenters. The second-order valence-electron chi connectivity index (χ2n) is 9.04. The monoisotopic (exact) mass is 545 g/mol. The summed E-state index contributed by atoms with van der Waals surface area (Å²) in [7, 11) is 0. The Morgan fingerprint density at radius 2 is 1.56 bits per heavy atom. The molecule has 1 fully saturated rings. The average Bonchev–Trinajstić information content (AvgIpc) is 3.37. The van der Waals surface area contributed by atoms with Gasteiger partial charge in [0.1, 0.15) is 5.82 Å². The van der Waals surface area contributed by atoms with E-state index in [1.807, 2.05) is 37.3 Å². The molecule has 2 amide bonds. The maximum atomic E-state index is 12.5. The number of carboxylic acid groups (broad SMARTS) is 1. The molecule has 3 N–H and O–H groups in total. The van der Waals surface area contributed by atoms with Crippen LogP contribution in [0.25, 0.3) is 5.69 Å². The lowest BCUT2D eigenvalue weighted by atomic mass is 10.00. The summed E-state index contributed by atoms with van der Waals surface area (Å²) in [5.74, 6) is -3.59. The van der Waals surface area contributed by atoms with E-state index in [9.17, 15) is 22.8 Å². The van der Waals surface area contributed by atoms with Crippen LogP contribution in [0, 0.1) is 6.92 Å². The number of carbonyl (C=O) groups excluding carboxylic acids is 2. The number of piperidine rings is 1. The molecule has 1 aromatic heterocycles. The predicted molar refractivity (Wildman–Crippen MR) is 138 cm³/mol. The lowest BCUT2D eigenvalue weighted by molar-refractivity contribution is -0.192. The summed E-state index contributed by atoms with van der Waals surface area (Å²) < 4.78 is 33.4. The van der Waals surface area contributed by atoms with Gasteiger partial charge in [0.05, 0.1) is 11.9 Å². The van der Waals surface area contributed by atoms with Gasteiger partial charge >= 0.3 is 24.0 Å². The molecule has 208 valence electrons. The van der Waals surface area contributed by atoms with Crippen LogP contribution in [0.2, 0.25) is 0 Å². The van der Waals surface area contributed by atoms with Crippen molar-refractivity contribution in [3.8, 4) is 5.69 Å². The van der Waals surface area contributed by atoms with Gasteiger partial charge in [-0.2, -0.15) is 18.3 Å². The molecule has 0 spiro atoms. The van der Waals surface area contributed by atoms with Gasteiger partial charge in [-0.25, -0.2) is 9.48 Å². The van der Waals surface area contributed by atoms with Gasteiger partial charge in [0.15, 0.2) is 0 Å². The van der Waals surface area contributed by atoms with Crippen molar-refractivity contribution < 1.29 is 32.7 Å². The van der Waals surface area contributed by atoms with Crippen LogP contribution in [0.15, 0.2) is 66.9 Å². The number of aliphatic carboxylic acids is 1. The third-order valence-electron chi connectivity index (χ3n) is 6.37. The van der Waals surface area contributed by atoms with E-state index in [0.29, 0.717) is 11.9 Å². The van der Waals surface area contributed by atoms with Crippen molar-refractivity contribution in [2.75, 3.05) is 18.4 Å². The van der Waals surface area contributed by atoms with Crippen LogP contribution in [0.1, 0.15) is 36.9 Å². The Balaban J connectivity index is 0.000000532. The Hall–Kier alpha value is -4.19. The number of aryl methyl sites for hydroxylation is 1. The second-order valence-corrected chi connectivity index (χ2v) is 9.04. The number of amides is 2. The summed E-state index contributed by atoms with van der Waals surface area (Å²) in [5, 5.41) is 17.0. The number of nitrogens with zero attached hydrogens (tertiary/aromatic N) is 3. The minimum absolute atomic E-state index is 0.00579. The highest BCUT2D eigenvalue weighted by molar-refractivity contribution is 6.39. The molecular formula is C27H30F3N5O4. The van der Waals surface area contributed by atoms with Crippen molar-refractivity contribution in [2.24, 2.45) is 0 Å². The van der Waals surface area contributed by atoms with Crippen molar-refractivity contribution in [2.45, 2.75) is 44.9 Å². The van der Waals surface area contributed by atoms with Crippen molar-refractivity contribution >= 4 is 23.6 Å². The molecule has 3 aromatic rings. The van der Waals surface area contributed by atoms with Gasteiger partial charge in [0.2, 0.25) is 0 Å². The molecule has 4 rings (SSSR count). The van der Waals surface area contributed by atoms with Gasteiger partial charge in [-0.3, -0.25) is 14.5 Å². The first kappa shape index (κ1) is 29.4. The number of hydrogen-bond acceptors (Lipinski definition) is 5. The van der Waals surface area contributed by atoms with Crippen molar-refractivity contribution in [3.05, 3.63) is 78.0 Å². The predicted octanol–water partition coefficient (Wildman–Crippen LogP) is 4.09. The van der Waals surface area contributed by atoms with E-state index >= 15 is 0 Å². The van der Waals surface area contributed by atoms with Crippen LogP contribution in [0.5, 0.6) is 0 Å². The number of alkyl halides is 3. The van der Waals surface area contributed by atoms with E-state index in [4.69, 9.17) is 9.90 Å². The van der Waals surface area contributed by atoms with E-state index < -0.39 is 24.0 Å². The zero-order chi connectivity index (χ0) is 28.6. The van der Waals surface area contributed by atoms with Crippen LogP contribution < -0.4 is 10.6 Å². The third kappa shape index (κ3) is 8.14. The van der Waals surface area contributed by atoms with Gasteiger partial charge in [0, 0.05) is 31.2 Å². The van der Waals surface area contributed by atoms with Gasteiger partial charge < -0.3 is 15.7 Å². The van der Waals surface area contributed by atoms with Gasteiger partial charge in [0.25, 0.3) is 0 Å². The van der Waals surface area contributed by atoms with Crippen LogP contribution in [-0.4, -0.2) is 62.9 Å². The molecule has 9 nitrogen and oxygen atoms in total. The van der Waals surface area contributed by atoms with Crippen LogP contribution in [0.4, 0.5) is 19.0 Å². The fourth-order valence-corrected chi connectivity index (χ4v) is 4.19. The fourth-order valence-electron chi connectivity index (χ4n) is 4.19. The molecule has 12 heteroatoms. The molecule has 1 aliphatic rings. The Labute approximate surface area is 223 Å². The normalized spacial score (nSPS) is 15.0. The largest absolute Gasteiger partial charge is 0.490 e. The van der Waals surface area contributed by atoms with E-state index in [0.717, 1.165) is 37.2 Å². The van der Waals surface area contributed by atoms with E-state index in [2.05, 4.69) is 51.8 Å². The highest BCUT2D eigenvalue weighted by Gasteiger charge is 2.38. The minimum Gasteiger partial charge on any atom is -0.475 e. The van der Waals surface area contributed by atoms with Gasteiger partial charge in [-0.05, 0) is 43.9 Å². The molecule has 2 aromatic carbocycles. The number of halogens is 3. The quantitative estimate of drug-likeness (QED) is 0.416. The smallest absolute Gasteiger partial charge is 0.475 e. The van der Waals surface area contributed by atoms with Crippen LogP contribution >= 0.6 is 0 Å². The van der Waals surface area contributed by atoms with Crippen molar-refractivity contribution in [3.63, 3.8) is 0 Å². The van der Waals surface area contributed by atoms with Crippen LogP contribution in [-0.2, 0) is 14.4 Å². The number of carboxylic acids is 1. The number of nitrogens with one attached hydrogen (secondary N) is 2. The molecule has 2 heterocycles. The molecule has 1 saturated heterocycles. The van der Waals surface area contributed by atoms with Gasteiger partial charge in [-0.15, -0.1) is 0 Å². The average molecular weight is 546 g/mol. The zero-order valence-electron chi connectivity index (χ0n) is 21.5. The first-order chi connectivity index (χ1) is 18.5. The number of para-hydroxylation sites is 1. The Bertz CT molecular complexity index is 1270. The standard InChI is InChI=1S/C25H29N5O2.C2HF3O2/c1-18-8-6-7-11-22(18)30-23(12-15-26-30)28-25(32)24(31)27-21-13-16-29(17-14-21)19(2)20-9-4-3-5-10-20;3-2(4,5)1(6)7/h3-12,15,19,21H,13-14,16-17H2,1-2H3,(H,27,31)(H,28,32);(H,6,7). The highest BCUT2D eigenvalue weighted by Crippen LogP contribution is 2.24. The summed E-state index contributed by atoms with van der Waals surface area (Å²) in [6.07, 6.45) is -1.85. The van der Waals surface area contributed by atoms with E-state index in [1.165, 1.54) is 5.56 Å². The number of anilines is 1. The second kappa shape index (κ2) is 13.1. The molecule has 1 aliphatic heterocycles. The molecule has 0 saturated carbocycles. The van der Waals surface area contributed by atoms with Crippen molar-refractivity contribution in [1.82, 2.24) is 20.0 Å². The molecule has 0 bridgehead atoms. The summed E-state index contributed by atoms with van der Waals surface area (Å²) >= 11 is 0. The topological polar surface area (TPSA) is 117 Å². The fraction of sp³-hybridized carbons (Fsp3) is 0.333. The van der Waals surface area contributed by atoms with Gasteiger partial charge in [-0.1, -0.05) is 48.5 Å². The molecule has 39 heavy (non-hydrogen) atoms. The summed E-state index contributed by atoms with van der Waals surface area (Å²) in [5.41, 5.74) is 3.17. The summed E-state index contributed by atoms with van der Waals surface area (Å²) in [6.45, 7) is 5.94. The maximum Gasteiger partial charge on any atom is 0.490 e. The number of likely N-dealkylation sites (tertiary alicyclic amines) is 1. The Kier molecular flexibility index (Phi) is 9.83. The van der Waals surface area contributed by atoms with Crippen molar-refractivity contribution in [1.29, 1.82) is 0 Å². The zero-order valence-corrected chi connectivity index (χ0v) is 21.5. The van der Waals surface area contributed by atoms with E-state index in [1.54, 1.807) is 16.9 Å². The lowest BCUT2D eigenvalue weighted by Gasteiger charge is -2.36. The van der Waals surface area contributed by atoms with Crippen LogP contribution in [0.3, 0.4) is 0 Å². The number of carbonyl (C=O) groups is 3. The number of benzene rings is 2. The molecular weight excluding hydrogens is 515 g/mol. The molecule has 0 radical (unpaired) electrons. The maximum absolute atomic E-state index is 12.5. The first-order valence-electron chi connectivity index (χ1n) is 12.3. The first-order valence-corrected chi connectivity index (χ1v) is 12.3. The minimum atomic E-state index is -5.08. The number of hydrogen-bond donors (Lipinski definition) is 3. The molecule has 1 unspecified atom stereocenters. The number of rotatable bonds is 5. The summed E-state index contributed by atoms with van der Waals surface area (Å²) in [6, 6.07) is 20.2. The molecule has 0 aliphatic carbocycles. The number of aromatic nitrogens is 2.